The third-order valence-corrected chi connectivity index (χ3v) is 5.00. The highest BCUT2D eigenvalue weighted by Gasteiger charge is 2.23. The number of aryl methyl sites for hydroxylation is 1. The van der Waals surface area contributed by atoms with E-state index >= 15 is 0 Å². The summed E-state index contributed by atoms with van der Waals surface area (Å²) in [6, 6.07) is 9.68. The Morgan fingerprint density at radius 1 is 1.40 bits per heavy atom. The predicted molar refractivity (Wildman–Crippen MR) is 98.0 cm³/mol. The molecule has 1 aromatic carbocycles. The minimum absolute atomic E-state index is 0.0810. The van der Waals surface area contributed by atoms with Crippen LogP contribution in [0.15, 0.2) is 35.7 Å². The molecule has 1 unspecified atom stereocenters. The molecule has 1 atom stereocenters. The van der Waals surface area contributed by atoms with Crippen LogP contribution in [0.2, 0.25) is 0 Å². The quantitative estimate of drug-likeness (QED) is 0.726. The van der Waals surface area contributed by atoms with Crippen LogP contribution in [0, 0.1) is 6.92 Å². The van der Waals surface area contributed by atoms with Gasteiger partial charge in [0.1, 0.15) is 12.4 Å². The minimum Gasteiger partial charge on any atom is -0.492 e. The molecule has 2 aromatic rings. The second kappa shape index (κ2) is 8.97. The fourth-order valence-corrected chi connectivity index (χ4v) is 3.51. The van der Waals surface area contributed by atoms with Gasteiger partial charge in [0.15, 0.2) is 0 Å². The number of carbonyl (C=O) groups is 1. The minimum atomic E-state index is 0.0810. The number of hydrogen-bond donors (Lipinski definition) is 0. The number of benzene rings is 1. The monoisotopic (exact) mass is 360 g/mol. The number of aromatic nitrogens is 1. The molecule has 5 nitrogen and oxygen atoms in total. The molecule has 1 saturated heterocycles. The van der Waals surface area contributed by atoms with Gasteiger partial charge in [0.05, 0.1) is 29.8 Å². The van der Waals surface area contributed by atoms with E-state index in [1.165, 1.54) is 0 Å². The highest BCUT2D eigenvalue weighted by atomic mass is 32.1. The van der Waals surface area contributed by atoms with E-state index < -0.39 is 0 Å². The van der Waals surface area contributed by atoms with Crippen LogP contribution in [0.25, 0.3) is 0 Å². The van der Waals surface area contributed by atoms with Crippen molar-refractivity contribution in [2.75, 3.05) is 26.3 Å². The Balaban J connectivity index is 1.56. The smallest absolute Gasteiger partial charge is 0.228 e. The third-order valence-electron chi connectivity index (χ3n) is 4.17. The summed E-state index contributed by atoms with van der Waals surface area (Å²) in [5, 5.41) is 2.94. The lowest BCUT2D eigenvalue weighted by molar-refractivity contribution is -0.132. The van der Waals surface area contributed by atoms with Crippen LogP contribution in [0.4, 0.5) is 0 Å². The summed E-state index contributed by atoms with van der Waals surface area (Å²) in [4.78, 5) is 19.0. The van der Waals surface area contributed by atoms with Crippen LogP contribution in [0.1, 0.15) is 23.5 Å². The zero-order valence-corrected chi connectivity index (χ0v) is 15.3. The molecule has 2 heterocycles. The zero-order chi connectivity index (χ0) is 17.5. The van der Waals surface area contributed by atoms with Crippen molar-refractivity contribution in [2.24, 2.45) is 0 Å². The largest absolute Gasteiger partial charge is 0.492 e. The van der Waals surface area contributed by atoms with Gasteiger partial charge in [-0.25, -0.2) is 4.98 Å². The second-order valence-corrected chi connectivity index (χ2v) is 7.23. The van der Waals surface area contributed by atoms with Gasteiger partial charge in [-0.2, -0.15) is 0 Å². The maximum Gasteiger partial charge on any atom is 0.228 e. The van der Waals surface area contributed by atoms with Crippen LogP contribution in [-0.4, -0.2) is 48.2 Å². The Morgan fingerprint density at radius 2 is 2.24 bits per heavy atom. The summed E-state index contributed by atoms with van der Waals surface area (Å²) >= 11 is 1.57. The molecular formula is C19H24N2O3S. The van der Waals surface area contributed by atoms with Gasteiger partial charge in [-0.3, -0.25) is 4.79 Å². The molecule has 1 aliphatic rings. The Morgan fingerprint density at radius 3 is 2.92 bits per heavy atom. The Labute approximate surface area is 152 Å². The van der Waals surface area contributed by atoms with Gasteiger partial charge in [-0.15, -0.1) is 11.3 Å². The van der Waals surface area contributed by atoms with E-state index in [0.717, 1.165) is 35.9 Å². The Kier molecular flexibility index (Phi) is 6.42. The molecule has 1 fully saturated rings. The topological polar surface area (TPSA) is 51.7 Å². The lowest BCUT2D eigenvalue weighted by Crippen LogP contribution is -2.40. The molecule has 1 aromatic heterocycles. The highest BCUT2D eigenvalue weighted by Crippen LogP contribution is 2.15. The van der Waals surface area contributed by atoms with Gasteiger partial charge in [-0.1, -0.05) is 18.2 Å². The molecule has 1 aliphatic heterocycles. The van der Waals surface area contributed by atoms with E-state index in [-0.39, 0.29) is 12.0 Å². The van der Waals surface area contributed by atoms with E-state index in [4.69, 9.17) is 9.47 Å². The van der Waals surface area contributed by atoms with E-state index in [2.05, 4.69) is 4.98 Å². The third kappa shape index (κ3) is 5.54. The summed E-state index contributed by atoms with van der Waals surface area (Å²) in [7, 11) is 0. The molecule has 6 heteroatoms. The first-order chi connectivity index (χ1) is 12.2. The second-order valence-electron chi connectivity index (χ2n) is 6.17. The van der Waals surface area contributed by atoms with Crippen LogP contribution >= 0.6 is 11.3 Å². The predicted octanol–water partition coefficient (Wildman–Crippen LogP) is 3.08. The van der Waals surface area contributed by atoms with E-state index in [1.807, 2.05) is 47.5 Å². The first-order valence-corrected chi connectivity index (χ1v) is 9.57. The summed E-state index contributed by atoms with van der Waals surface area (Å²) in [6.07, 6.45) is 2.55. The standard InChI is InChI=1S/C19H24N2O3S/c1-15-20-16(14-25-15)12-19(22)21(13-18-8-5-10-23-18)9-11-24-17-6-3-2-4-7-17/h2-4,6-7,14,18H,5,8-13H2,1H3. The number of nitrogens with zero attached hydrogens (tertiary/aromatic N) is 2. The molecule has 134 valence electrons. The number of ether oxygens (including phenoxy) is 2. The fourth-order valence-electron chi connectivity index (χ4n) is 2.90. The fraction of sp³-hybridized carbons (Fsp3) is 0.474. The molecule has 0 bridgehead atoms. The lowest BCUT2D eigenvalue weighted by atomic mass is 10.2. The molecule has 0 saturated carbocycles. The van der Waals surface area contributed by atoms with Crippen molar-refractivity contribution in [2.45, 2.75) is 32.3 Å². The molecule has 3 rings (SSSR count). The molecule has 0 N–H and O–H groups in total. The average molecular weight is 360 g/mol. The van der Waals surface area contributed by atoms with Crippen molar-refractivity contribution in [3.05, 3.63) is 46.4 Å². The van der Waals surface area contributed by atoms with Gasteiger partial charge in [-0.05, 0) is 31.9 Å². The zero-order valence-electron chi connectivity index (χ0n) is 14.5. The Bertz CT molecular complexity index is 668. The molecule has 0 radical (unpaired) electrons. The Hall–Kier alpha value is -1.92. The maximum absolute atomic E-state index is 12.7. The van der Waals surface area contributed by atoms with Crippen molar-refractivity contribution in [1.82, 2.24) is 9.88 Å². The van der Waals surface area contributed by atoms with Crippen molar-refractivity contribution in [3.63, 3.8) is 0 Å². The summed E-state index contributed by atoms with van der Waals surface area (Å²) in [5.41, 5.74) is 0.841. The number of para-hydroxylation sites is 1. The van der Waals surface area contributed by atoms with Crippen molar-refractivity contribution in [1.29, 1.82) is 0 Å². The van der Waals surface area contributed by atoms with Crippen LogP contribution in [-0.2, 0) is 16.0 Å². The van der Waals surface area contributed by atoms with Crippen LogP contribution in [0.3, 0.4) is 0 Å². The molecule has 25 heavy (non-hydrogen) atoms. The first-order valence-electron chi connectivity index (χ1n) is 8.69. The van der Waals surface area contributed by atoms with Crippen molar-refractivity contribution in [3.8, 4) is 5.75 Å². The lowest BCUT2D eigenvalue weighted by Gasteiger charge is -2.25. The number of carbonyl (C=O) groups excluding carboxylic acids is 1. The van der Waals surface area contributed by atoms with E-state index in [9.17, 15) is 4.79 Å². The molecular weight excluding hydrogens is 336 g/mol. The first kappa shape index (κ1) is 17.9. The normalized spacial score (nSPS) is 16.8. The van der Waals surface area contributed by atoms with Gasteiger partial charge in [0.25, 0.3) is 0 Å². The molecule has 0 aliphatic carbocycles. The molecule has 0 spiro atoms. The summed E-state index contributed by atoms with van der Waals surface area (Å²) < 4.78 is 11.5. The average Bonchev–Trinajstić information content (AvgIpc) is 3.26. The van der Waals surface area contributed by atoms with Gasteiger partial charge in [0, 0.05) is 18.5 Å². The summed E-state index contributed by atoms with van der Waals surface area (Å²) in [5.74, 6) is 0.902. The highest BCUT2D eigenvalue weighted by molar-refractivity contribution is 7.09. The molecule has 1 amide bonds. The van der Waals surface area contributed by atoms with Crippen LogP contribution < -0.4 is 4.74 Å². The SMILES string of the molecule is Cc1nc(CC(=O)N(CCOc2ccccc2)CC2CCCO2)cs1. The number of rotatable bonds is 8. The van der Waals surface area contributed by atoms with Crippen LogP contribution in [0.5, 0.6) is 5.75 Å². The number of amides is 1. The number of thiazole rings is 1. The number of hydrogen-bond acceptors (Lipinski definition) is 5. The van der Waals surface area contributed by atoms with Gasteiger partial charge in [0.2, 0.25) is 5.91 Å². The maximum atomic E-state index is 12.7. The van der Waals surface area contributed by atoms with Crippen molar-refractivity contribution < 1.29 is 14.3 Å². The summed E-state index contributed by atoms with van der Waals surface area (Å²) in [6.45, 7) is 4.39. The van der Waals surface area contributed by atoms with Gasteiger partial charge < -0.3 is 14.4 Å². The van der Waals surface area contributed by atoms with E-state index in [0.29, 0.717) is 26.1 Å². The van der Waals surface area contributed by atoms with Gasteiger partial charge >= 0.3 is 0 Å². The van der Waals surface area contributed by atoms with Crippen molar-refractivity contribution >= 4 is 17.2 Å². The van der Waals surface area contributed by atoms with E-state index in [1.54, 1.807) is 11.3 Å².